The summed E-state index contributed by atoms with van der Waals surface area (Å²) in [5.74, 6) is 0.838. The number of rotatable bonds is 4. The van der Waals surface area contributed by atoms with Gasteiger partial charge in [0.25, 0.3) is 0 Å². The summed E-state index contributed by atoms with van der Waals surface area (Å²) < 4.78 is 0. The number of phenolic OH excluding ortho intramolecular Hbond substituents is 3. The summed E-state index contributed by atoms with van der Waals surface area (Å²) in [6.07, 6.45) is 1.04. The quantitative estimate of drug-likeness (QED) is 0.628. The predicted molar refractivity (Wildman–Crippen MR) is 104 cm³/mol. The van der Waals surface area contributed by atoms with E-state index in [2.05, 4.69) is 0 Å². The minimum absolute atomic E-state index is 0.253. The first-order chi connectivity index (χ1) is 12.4. The van der Waals surface area contributed by atoms with Crippen LogP contribution in [0.15, 0.2) is 48.5 Å². The first kappa shape index (κ1) is 17.9. The molecule has 0 aromatic heterocycles. The Balaban J connectivity index is 1.97. The van der Waals surface area contributed by atoms with Gasteiger partial charge in [0.1, 0.15) is 17.2 Å². The lowest BCUT2D eigenvalue weighted by molar-refractivity contribution is 0.458. The molecule has 0 aliphatic carbocycles. The minimum Gasteiger partial charge on any atom is -0.507 e. The highest BCUT2D eigenvalue weighted by molar-refractivity contribution is 5.50. The Morgan fingerprint density at radius 1 is 0.577 bits per heavy atom. The third kappa shape index (κ3) is 3.52. The zero-order chi connectivity index (χ0) is 18.8. The van der Waals surface area contributed by atoms with Crippen LogP contribution in [-0.4, -0.2) is 15.3 Å². The molecule has 0 bridgehead atoms. The first-order valence-corrected chi connectivity index (χ1v) is 8.73. The molecule has 3 nitrogen and oxygen atoms in total. The maximum Gasteiger partial charge on any atom is 0.122 e. The summed E-state index contributed by atoms with van der Waals surface area (Å²) in [7, 11) is 0. The van der Waals surface area contributed by atoms with Gasteiger partial charge in [-0.2, -0.15) is 0 Å². The highest BCUT2D eigenvalue weighted by atomic mass is 16.3. The van der Waals surface area contributed by atoms with Crippen molar-refractivity contribution in [2.24, 2.45) is 0 Å². The number of aryl methyl sites for hydroxylation is 3. The Labute approximate surface area is 154 Å². The summed E-state index contributed by atoms with van der Waals surface area (Å²) in [6.45, 7) is 5.61. The van der Waals surface area contributed by atoms with E-state index in [1.54, 1.807) is 0 Å². The van der Waals surface area contributed by atoms with Crippen molar-refractivity contribution in [1.82, 2.24) is 0 Å². The number of para-hydroxylation sites is 2. The van der Waals surface area contributed by atoms with Crippen LogP contribution in [0.25, 0.3) is 0 Å². The summed E-state index contributed by atoms with van der Waals surface area (Å²) >= 11 is 0. The first-order valence-electron chi connectivity index (χ1n) is 8.73. The number of hydrogen-bond acceptors (Lipinski definition) is 3. The number of hydrogen-bond donors (Lipinski definition) is 3. The van der Waals surface area contributed by atoms with Crippen LogP contribution in [0, 0.1) is 20.8 Å². The molecule has 0 atom stereocenters. The van der Waals surface area contributed by atoms with Crippen LogP contribution in [0.5, 0.6) is 17.2 Å². The molecular formula is C23H24O3. The highest BCUT2D eigenvalue weighted by Gasteiger charge is 2.13. The Morgan fingerprint density at radius 2 is 1.08 bits per heavy atom. The molecule has 3 aromatic carbocycles. The van der Waals surface area contributed by atoms with Gasteiger partial charge in [0.2, 0.25) is 0 Å². The third-order valence-electron chi connectivity index (χ3n) is 4.86. The van der Waals surface area contributed by atoms with Gasteiger partial charge in [0, 0.05) is 12.8 Å². The molecule has 0 unspecified atom stereocenters. The Hall–Kier alpha value is -2.94. The van der Waals surface area contributed by atoms with Gasteiger partial charge in [0.05, 0.1) is 0 Å². The van der Waals surface area contributed by atoms with E-state index in [0.717, 1.165) is 38.9 Å². The molecule has 3 rings (SSSR count). The zero-order valence-electron chi connectivity index (χ0n) is 15.4. The minimum atomic E-state index is 0.253. The summed E-state index contributed by atoms with van der Waals surface area (Å²) in [6, 6.07) is 15.3. The molecule has 0 saturated heterocycles. The lowest BCUT2D eigenvalue weighted by Crippen LogP contribution is -1.97. The smallest absolute Gasteiger partial charge is 0.122 e. The Bertz CT molecular complexity index is 958. The van der Waals surface area contributed by atoms with Gasteiger partial charge in [-0.05, 0) is 59.7 Å². The van der Waals surface area contributed by atoms with E-state index in [1.165, 1.54) is 0 Å². The van der Waals surface area contributed by atoms with Gasteiger partial charge in [-0.25, -0.2) is 0 Å². The fourth-order valence-electron chi connectivity index (χ4n) is 3.32. The molecule has 3 N–H and O–H groups in total. The Kier molecular flexibility index (Phi) is 4.90. The van der Waals surface area contributed by atoms with E-state index >= 15 is 0 Å². The lowest BCUT2D eigenvalue weighted by Gasteiger charge is -2.14. The maximum atomic E-state index is 10.5. The van der Waals surface area contributed by atoms with Crippen LogP contribution in [0.3, 0.4) is 0 Å². The van der Waals surface area contributed by atoms with Crippen molar-refractivity contribution in [3.63, 3.8) is 0 Å². The highest BCUT2D eigenvalue weighted by Crippen LogP contribution is 2.32. The van der Waals surface area contributed by atoms with Crippen LogP contribution >= 0.6 is 0 Å². The predicted octanol–water partition coefficient (Wildman–Crippen LogP) is 4.91. The summed E-state index contributed by atoms with van der Waals surface area (Å²) in [5.41, 5.74) is 5.89. The normalized spacial score (nSPS) is 10.9. The van der Waals surface area contributed by atoms with E-state index in [-0.39, 0.29) is 11.5 Å². The van der Waals surface area contributed by atoms with Crippen LogP contribution in [0.1, 0.15) is 38.9 Å². The summed E-state index contributed by atoms with van der Waals surface area (Å²) in [4.78, 5) is 0. The zero-order valence-corrected chi connectivity index (χ0v) is 15.4. The van der Waals surface area contributed by atoms with Crippen LogP contribution in [0.2, 0.25) is 0 Å². The van der Waals surface area contributed by atoms with E-state index in [0.29, 0.717) is 18.6 Å². The van der Waals surface area contributed by atoms with E-state index in [9.17, 15) is 15.3 Å². The van der Waals surface area contributed by atoms with Gasteiger partial charge in [-0.15, -0.1) is 0 Å². The fraction of sp³-hybridized carbons (Fsp3) is 0.217. The largest absolute Gasteiger partial charge is 0.507 e. The van der Waals surface area contributed by atoms with Crippen molar-refractivity contribution in [3.05, 3.63) is 87.5 Å². The average molecular weight is 348 g/mol. The summed E-state index contributed by atoms with van der Waals surface area (Å²) in [5, 5.41) is 31.0. The van der Waals surface area contributed by atoms with E-state index < -0.39 is 0 Å². The number of benzene rings is 3. The van der Waals surface area contributed by atoms with Crippen molar-refractivity contribution in [3.8, 4) is 17.2 Å². The van der Waals surface area contributed by atoms with E-state index in [4.69, 9.17) is 0 Å². The molecule has 0 saturated carbocycles. The van der Waals surface area contributed by atoms with Gasteiger partial charge in [-0.3, -0.25) is 0 Å². The van der Waals surface area contributed by atoms with Crippen molar-refractivity contribution >= 4 is 0 Å². The molecule has 0 aliphatic heterocycles. The topological polar surface area (TPSA) is 60.7 Å². The molecule has 0 fully saturated rings. The van der Waals surface area contributed by atoms with Crippen molar-refractivity contribution in [2.75, 3.05) is 0 Å². The second-order valence-corrected chi connectivity index (χ2v) is 6.94. The van der Waals surface area contributed by atoms with Crippen LogP contribution in [0.4, 0.5) is 0 Å². The molecule has 0 heterocycles. The molecule has 3 heteroatoms. The van der Waals surface area contributed by atoms with Crippen molar-refractivity contribution in [1.29, 1.82) is 0 Å². The van der Waals surface area contributed by atoms with Crippen LogP contribution in [-0.2, 0) is 12.8 Å². The molecular weight excluding hydrogens is 324 g/mol. The fourth-order valence-corrected chi connectivity index (χ4v) is 3.32. The van der Waals surface area contributed by atoms with Gasteiger partial charge >= 0.3 is 0 Å². The van der Waals surface area contributed by atoms with Gasteiger partial charge in [0.15, 0.2) is 0 Å². The second kappa shape index (κ2) is 7.12. The lowest BCUT2D eigenvalue weighted by atomic mass is 9.94. The molecule has 0 radical (unpaired) electrons. The Morgan fingerprint density at radius 3 is 1.65 bits per heavy atom. The monoisotopic (exact) mass is 348 g/mol. The SMILES string of the molecule is Cc1cccc(Cc2cc(C)c(O)c(Cc3cccc(C)c3O)c2)c1O. The molecule has 26 heavy (non-hydrogen) atoms. The molecule has 0 aliphatic rings. The number of aromatic hydroxyl groups is 3. The number of phenols is 3. The van der Waals surface area contributed by atoms with Crippen molar-refractivity contribution in [2.45, 2.75) is 33.6 Å². The van der Waals surface area contributed by atoms with Crippen LogP contribution < -0.4 is 0 Å². The maximum absolute atomic E-state index is 10.5. The molecule has 0 amide bonds. The molecule has 0 spiro atoms. The second-order valence-electron chi connectivity index (χ2n) is 6.94. The van der Waals surface area contributed by atoms with Gasteiger partial charge in [-0.1, -0.05) is 48.5 Å². The molecule has 134 valence electrons. The standard InChI is InChI=1S/C23H24O3/c1-14-6-4-8-18(21(14)24)11-17-10-16(3)23(26)20(12-17)13-19-9-5-7-15(2)22(19)25/h4-10,12,24-26H,11,13H2,1-3H3. The van der Waals surface area contributed by atoms with E-state index in [1.807, 2.05) is 69.3 Å². The van der Waals surface area contributed by atoms with Gasteiger partial charge < -0.3 is 15.3 Å². The molecule has 3 aromatic rings. The third-order valence-corrected chi connectivity index (χ3v) is 4.86. The average Bonchev–Trinajstić information content (AvgIpc) is 2.60. The van der Waals surface area contributed by atoms with Crippen molar-refractivity contribution < 1.29 is 15.3 Å².